The van der Waals surface area contributed by atoms with E-state index in [1.807, 2.05) is 0 Å². The fourth-order valence-corrected chi connectivity index (χ4v) is 0. The van der Waals surface area contributed by atoms with Gasteiger partial charge < -0.3 is 5.48 Å². The van der Waals surface area contributed by atoms with Crippen LogP contribution in [-0.4, -0.2) is 36.6 Å². The summed E-state index contributed by atoms with van der Waals surface area (Å²) >= 11 is 0.689. The van der Waals surface area contributed by atoms with Gasteiger partial charge in [0.25, 0.3) is 0 Å². The molecule has 2 N–H and O–H groups in total. The summed E-state index contributed by atoms with van der Waals surface area (Å²) in [7, 11) is 0. The van der Waals surface area contributed by atoms with E-state index in [1.54, 1.807) is 0 Å². The number of carbonyl (C=O) groups is 1. The molecule has 0 spiro atoms. The topological polar surface area (TPSA) is 57.8 Å². The summed E-state index contributed by atoms with van der Waals surface area (Å²) in [4.78, 5) is 9.62. The van der Waals surface area contributed by atoms with Crippen LogP contribution < -0.4 is 0 Å². The van der Waals surface area contributed by atoms with E-state index in [0.717, 1.165) is 0 Å². The molecule has 2 radical (unpaired) electrons. The number of hydrogen-bond donors (Lipinski definition) is 0. The van der Waals surface area contributed by atoms with Crippen molar-refractivity contribution in [1.82, 2.24) is 0 Å². The van der Waals surface area contributed by atoms with Crippen LogP contribution in [0.1, 0.15) is 6.92 Å². The van der Waals surface area contributed by atoms with E-state index in [1.165, 1.54) is 6.92 Å². The second kappa shape index (κ2) is 5.31. The Kier molecular flexibility index (Phi) is 8.48. The SMILES string of the molecule is CC(=O)[O][Bi].O. The Morgan fingerprint density at radius 1 is 1.83 bits per heavy atom. The maximum Gasteiger partial charge on any atom is -0.412 e. The zero-order chi connectivity index (χ0) is 4.28. The summed E-state index contributed by atoms with van der Waals surface area (Å²) in [6, 6.07) is 0. The molecule has 0 amide bonds. The molecule has 0 bridgehead atoms. The third kappa shape index (κ3) is 8.85. The van der Waals surface area contributed by atoms with Gasteiger partial charge in [-0.2, -0.15) is 0 Å². The molecular weight excluding hydrogens is 281 g/mol. The van der Waals surface area contributed by atoms with Gasteiger partial charge in [0, 0.05) is 0 Å². The van der Waals surface area contributed by atoms with Crippen molar-refractivity contribution in [2.24, 2.45) is 0 Å². The molecule has 0 fully saturated rings. The number of carbonyl (C=O) groups excluding carboxylic acids is 1. The first-order valence-electron chi connectivity index (χ1n) is 1.09. The van der Waals surface area contributed by atoms with Crippen LogP contribution in [0.25, 0.3) is 0 Å². The van der Waals surface area contributed by atoms with Crippen LogP contribution in [0.15, 0.2) is 0 Å². The Morgan fingerprint density at radius 2 is 2.00 bits per heavy atom. The molecule has 36 valence electrons. The van der Waals surface area contributed by atoms with Gasteiger partial charge in [-0.25, -0.2) is 0 Å². The van der Waals surface area contributed by atoms with Gasteiger partial charge in [0.15, 0.2) is 0 Å². The van der Waals surface area contributed by atoms with Crippen molar-refractivity contribution in [1.29, 1.82) is 0 Å². The van der Waals surface area contributed by atoms with Gasteiger partial charge in [-0.3, -0.25) is 0 Å². The Hall–Kier alpha value is 0.313. The van der Waals surface area contributed by atoms with E-state index in [4.69, 9.17) is 0 Å². The van der Waals surface area contributed by atoms with Crippen LogP contribution >= 0.6 is 0 Å². The normalized spacial score (nSPS) is 5.67. The van der Waals surface area contributed by atoms with Gasteiger partial charge >= 0.3 is 45.7 Å². The van der Waals surface area contributed by atoms with Crippen LogP contribution in [0.5, 0.6) is 0 Å². The van der Waals surface area contributed by atoms with Gasteiger partial charge in [-0.05, 0) is 0 Å². The quantitative estimate of drug-likeness (QED) is 0.526. The van der Waals surface area contributed by atoms with Crippen LogP contribution in [0.2, 0.25) is 0 Å². The summed E-state index contributed by atoms with van der Waals surface area (Å²) < 4.78 is 4.22. The number of rotatable bonds is 0. The van der Waals surface area contributed by atoms with Gasteiger partial charge in [-0.1, -0.05) is 0 Å². The summed E-state index contributed by atoms with van der Waals surface area (Å²) in [6.07, 6.45) is 0. The number of hydrogen-bond acceptors (Lipinski definition) is 2. The third-order valence-corrected chi connectivity index (χ3v) is 1.13. The molecule has 0 aliphatic heterocycles. The fraction of sp³-hybridized carbons (Fsp3) is 0.500. The standard InChI is InChI=1S/C2H4O2.Bi.H2O/c1-2(3)4;;/h1H3,(H,3,4);;1H2/q;+1;/p-1. The minimum atomic E-state index is -0.196. The minimum Gasteiger partial charge on any atom is -0.412 e. The molecular formula is C2H5BiO3. The summed E-state index contributed by atoms with van der Waals surface area (Å²) in [5, 5.41) is 0. The molecule has 0 saturated heterocycles. The first-order valence-corrected chi connectivity index (χ1v) is 2.51. The summed E-state index contributed by atoms with van der Waals surface area (Å²) in [6.45, 7) is 1.39. The van der Waals surface area contributed by atoms with Crippen molar-refractivity contribution in [3.8, 4) is 0 Å². The summed E-state index contributed by atoms with van der Waals surface area (Å²) in [5.41, 5.74) is 0. The monoisotopic (exact) mass is 286 g/mol. The van der Waals surface area contributed by atoms with E-state index in [9.17, 15) is 4.79 Å². The van der Waals surface area contributed by atoms with Crippen LogP contribution in [-0.2, 0) is 7.61 Å². The van der Waals surface area contributed by atoms with Gasteiger partial charge in [0.1, 0.15) is 0 Å². The predicted octanol–water partition coefficient (Wildman–Crippen LogP) is -1.19. The zero-order valence-electron chi connectivity index (χ0n) is 3.26. The molecule has 3 nitrogen and oxygen atoms in total. The molecule has 0 unspecified atom stereocenters. The van der Waals surface area contributed by atoms with Crippen molar-refractivity contribution < 1.29 is 13.1 Å². The second-order valence-corrected chi connectivity index (χ2v) is 1.29. The van der Waals surface area contributed by atoms with Crippen molar-refractivity contribution in [2.45, 2.75) is 6.92 Å². The molecule has 0 aromatic heterocycles. The Bertz CT molecular complexity index is 44.1. The smallest absolute Gasteiger partial charge is 0.412 e. The molecule has 6 heavy (non-hydrogen) atoms. The van der Waals surface area contributed by atoms with Crippen LogP contribution in [0.4, 0.5) is 0 Å². The Balaban J connectivity index is 0. The second-order valence-electron chi connectivity index (χ2n) is 0.583. The van der Waals surface area contributed by atoms with Crippen LogP contribution in [0, 0.1) is 0 Å². The maximum atomic E-state index is 9.62. The van der Waals surface area contributed by atoms with Crippen molar-refractivity contribution in [3.05, 3.63) is 0 Å². The van der Waals surface area contributed by atoms with E-state index in [-0.39, 0.29) is 11.4 Å². The molecule has 0 aromatic carbocycles. The first kappa shape index (κ1) is 9.58. The Morgan fingerprint density at radius 3 is 2.00 bits per heavy atom. The molecule has 0 atom stereocenters. The largest absolute Gasteiger partial charge is 0.412 e. The van der Waals surface area contributed by atoms with E-state index < -0.39 is 0 Å². The van der Waals surface area contributed by atoms with Gasteiger partial charge in [-0.15, -0.1) is 0 Å². The summed E-state index contributed by atoms with van der Waals surface area (Å²) in [5.74, 6) is -0.196. The van der Waals surface area contributed by atoms with Crippen molar-refractivity contribution >= 4 is 31.1 Å². The molecule has 4 heteroatoms. The molecule has 0 heterocycles. The molecule has 0 rings (SSSR count). The van der Waals surface area contributed by atoms with Crippen molar-refractivity contribution in [3.63, 3.8) is 0 Å². The molecule has 0 aliphatic carbocycles. The predicted molar refractivity (Wildman–Crippen MR) is 21.1 cm³/mol. The van der Waals surface area contributed by atoms with E-state index >= 15 is 0 Å². The zero-order valence-corrected chi connectivity index (χ0v) is 6.74. The van der Waals surface area contributed by atoms with Gasteiger partial charge in [0.05, 0.1) is 0 Å². The molecule has 0 aliphatic rings. The fourth-order valence-electron chi connectivity index (χ4n) is 0. The van der Waals surface area contributed by atoms with E-state index in [2.05, 4.69) is 2.81 Å². The average molecular weight is 286 g/mol. The van der Waals surface area contributed by atoms with Crippen LogP contribution in [0.3, 0.4) is 0 Å². The molecule has 0 saturated carbocycles. The maximum absolute atomic E-state index is 9.62. The Labute approximate surface area is 51.5 Å². The molecule has 0 aromatic rings. The third-order valence-electron chi connectivity index (χ3n) is 0.129. The van der Waals surface area contributed by atoms with Crippen molar-refractivity contribution in [2.75, 3.05) is 0 Å². The first-order chi connectivity index (χ1) is 2.27. The van der Waals surface area contributed by atoms with Gasteiger partial charge in [0.2, 0.25) is 0 Å². The minimum absolute atomic E-state index is 0. The average Bonchev–Trinajstić information content (AvgIpc) is 1.38. The van der Waals surface area contributed by atoms with E-state index in [0.29, 0.717) is 25.2 Å².